The van der Waals surface area contributed by atoms with E-state index in [-0.39, 0.29) is 10.5 Å². The summed E-state index contributed by atoms with van der Waals surface area (Å²) in [5, 5.41) is 3.31. The number of nitrogens with one attached hydrogen (secondary N) is 1. The highest BCUT2D eigenvalue weighted by Gasteiger charge is 2.30. The molecular formula is C20H25FN2O2S. The highest BCUT2D eigenvalue weighted by atomic mass is 32.2. The highest BCUT2D eigenvalue weighted by Crippen LogP contribution is 2.34. The molecular weight excluding hydrogens is 351 g/mol. The quantitative estimate of drug-likeness (QED) is 0.869. The summed E-state index contributed by atoms with van der Waals surface area (Å²) in [6, 6.07) is 11.7. The van der Waals surface area contributed by atoms with E-state index < -0.39 is 15.3 Å². The van der Waals surface area contributed by atoms with Gasteiger partial charge in [0.05, 0.1) is 4.90 Å². The van der Waals surface area contributed by atoms with Gasteiger partial charge in [-0.15, -0.1) is 0 Å². The zero-order chi connectivity index (χ0) is 18.7. The first-order chi connectivity index (χ1) is 12.4. The Morgan fingerprint density at radius 3 is 2.50 bits per heavy atom. The van der Waals surface area contributed by atoms with Gasteiger partial charge in [0.1, 0.15) is 0 Å². The molecule has 3 rings (SSSR count). The molecule has 2 aromatic rings. The first kappa shape index (κ1) is 18.9. The second-order valence-corrected chi connectivity index (χ2v) is 8.57. The summed E-state index contributed by atoms with van der Waals surface area (Å²) >= 11 is 0. The summed E-state index contributed by atoms with van der Waals surface area (Å²) < 4.78 is 40.6. The van der Waals surface area contributed by atoms with Crippen molar-refractivity contribution in [3.63, 3.8) is 0 Å². The molecule has 0 amide bonds. The van der Waals surface area contributed by atoms with Gasteiger partial charge in [-0.25, -0.2) is 12.8 Å². The maximum atomic E-state index is 14.9. The van der Waals surface area contributed by atoms with Crippen LogP contribution >= 0.6 is 0 Å². The third-order valence-electron chi connectivity index (χ3n) is 4.92. The molecule has 1 N–H and O–H groups in total. The molecule has 26 heavy (non-hydrogen) atoms. The van der Waals surface area contributed by atoms with E-state index in [1.807, 2.05) is 13.0 Å². The zero-order valence-corrected chi connectivity index (χ0v) is 16.0. The molecule has 1 aliphatic heterocycles. The van der Waals surface area contributed by atoms with Gasteiger partial charge in [0, 0.05) is 37.4 Å². The standard InChI is InChI=1S/C20H25FN2O2S/c1-3-16-14-17(8-9-19(16)23-12-10-22-11-13-23)26(24,25)20(21)18-7-5-4-6-15(18)2/h4-9,14,20,22H,3,10-13H2,1-2H3. The molecule has 0 radical (unpaired) electrons. The Bertz CT molecular complexity index is 877. The number of rotatable bonds is 5. The Morgan fingerprint density at radius 2 is 1.85 bits per heavy atom. The van der Waals surface area contributed by atoms with Crippen molar-refractivity contribution in [3.05, 3.63) is 59.2 Å². The van der Waals surface area contributed by atoms with Crippen molar-refractivity contribution in [1.29, 1.82) is 0 Å². The van der Waals surface area contributed by atoms with Gasteiger partial charge >= 0.3 is 0 Å². The third-order valence-corrected chi connectivity index (χ3v) is 6.63. The predicted molar refractivity (Wildman–Crippen MR) is 103 cm³/mol. The number of alkyl halides is 1. The second kappa shape index (κ2) is 7.76. The Morgan fingerprint density at radius 1 is 1.15 bits per heavy atom. The molecule has 0 saturated carbocycles. The fraction of sp³-hybridized carbons (Fsp3) is 0.400. The number of anilines is 1. The maximum absolute atomic E-state index is 14.9. The lowest BCUT2D eigenvalue weighted by atomic mass is 10.1. The van der Waals surface area contributed by atoms with Crippen LogP contribution in [-0.2, 0) is 16.3 Å². The third kappa shape index (κ3) is 3.62. The molecule has 140 valence electrons. The number of halogens is 1. The number of nitrogens with zero attached hydrogens (tertiary/aromatic N) is 1. The average Bonchev–Trinajstić information content (AvgIpc) is 2.68. The summed E-state index contributed by atoms with van der Waals surface area (Å²) in [5.74, 6) is 0. The van der Waals surface area contributed by atoms with Crippen LogP contribution in [0.1, 0.15) is 29.1 Å². The Hall–Kier alpha value is -1.92. The van der Waals surface area contributed by atoms with Crippen LogP contribution in [0.4, 0.5) is 10.1 Å². The monoisotopic (exact) mass is 376 g/mol. The number of piperazine rings is 1. The van der Waals surface area contributed by atoms with E-state index in [1.54, 1.807) is 31.2 Å². The first-order valence-electron chi connectivity index (χ1n) is 8.97. The average molecular weight is 376 g/mol. The Kier molecular flexibility index (Phi) is 5.63. The number of sulfone groups is 1. The lowest BCUT2D eigenvalue weighted by Gasteiger charge is -2.31. The largest absolute Gasteiger partial charge is 0.369 e. The molecule has 0 spiro atoms. The van der Waals surface area contributed by atoms with E-state index in [0.29, 0.717) is 12.0 Å². The van der Waals surface area contributed by atoms with E-state index in [4.69, 9.17) is 0 Å². The molecule has 6 heteroatoms. The minimum Gasteiger partial charge on any atom is -0.369 e. The summed E-state index contributed by atoms with van der Waals surface area (Å²) in [6.45, 7) is 7.29. The smallest absolute Gasteiger partial charge is 0.230 e. The molecule has 1 unspecified atom stereocenters. The van der Waals surface area contributed by atoms with Crippen LogP contribution in [0.3, 0.4) is 0 Å². The van der Waals surface area contributed by atoms with Gasteiger partial charge in [0.15, 0.2) is 0 Å². The van der Waals surface area contributed by atoms with Crippen molar-refractivity contribution in [2.45, 2.75) is 30.7 Å². The molecule has 0 aliphatic carbocycles. The summed E-state index contributed by atoms with van der Waals surface area (Å²) in [7, 11) is -4.09. The molecule has 1 atom stereocenters. The lowest BCUT2D eigenvalue weighted by Crippen LogP contribution is -2.43. The minimum absolute atomic E-state index is 0.0454. The normalized spacial score (nSPS) is 16.5. The summed E-state index contributed by atoms with van der Waals surface area (Å²) in [4.78, 5) is 2.30. The molecule has 2 aromatic carbocycles. The maximum Gasteiger partial charge on any atom is 0.230 e. The molecule has 1 aliphatic rings. The van der Waals surface area contributed by atoms with Crippen LogP contribution in [0.25, 0.3) is 0 Å². The van der Waals surface area contributed by atoms with E-state index in [0.717, 1.165) is 37.4 Å². The van der Waals surface area contributed by atoms with Crippen molar-refractivity contribution in [2.24, 2.45) is 0 Å². The van der Waals surface area contributed by atoms with Crippen LogP contribution in [-0.4, -0.2) is 34.6 Å². The van der Waals surface area contributed by atoms with E-state index in [2.05, 4.69) is 10.2 Å². The fourth-order valence-electron chi connectivity index (χ4n) is 3.36. The van der Waals surface area contributed by atoms with Gasteiger partial charge < -0.3 is 10.2 Å². The van der Waals surface area contributed by atoms with Gasteiger partial charge in [-0.3, -0.25) is 0 Å². The van der Waals surface area contributed by atoms with E-state index >= 15 is 0 Å². The fourth-order valence-corrected chi connectivity index (χ4v) is 4.77. The van der Waals surface area contributed by atoms with Gasteiger partial charge in [0.25, 0.3) is 0 Å². The SMILES string of the molecule is CCc1cc(S(=O)(=O)C(F)c2ccccc2C)ccc1N1CCNCC1. The number of hydrogen-bond donors (Lipinski definition) is 1. The number of aryl methyl sites for hydroxylation is 2. The predicted octanol–water partition coefficient (Wildman–Crippen LogP) is 3.41. The van der Waals surface area contributed by atoms with Gasteiger partial charge in [-0.2, -0.15) is 0 Å². The van der Waals surface area contributed by atoms with E-state index in [9.17, 15) is 12.8 Å². The lowest BCUT2D eigenvalue weighted by molar-refractivity contribution is 0.429. The van der Waals surface area contributed by atoms with Crippen molar-refractivity contribution in [3.8, 4) is 0 Å². The van der Waals surface area contributed by atoms with Crippen LogP contribution in [0.5, 0.6) is 0 Å². The zero-order valence-electron chi connectivity index (χ0n) is 15.2. The van der Waals surface area contributed by atoms with Gasteiger partial charge in [-0.05, 0) is 42.7 Å². The van der Waals surface area contributed by atoms with Crippen molar-refractivity contribution < 1.29 is 12.8 Å². The molecule has 0 aromatic heterocycles. The molecule has 0 bridgehead atoms. The van der Waals surface area contributed by atoms with Crippen LogP contribution < -0.4 is 10.2 Å². The molecule has 4 nitrogen and oxygen atoms in total. The topological polar surface area (TPSA) is 49.4 Å². The van der Waals surface area contributed by atoms with Crippen LogP contribution in [0.15, 0.2) is 47.4 Å². The summed E-state index contributed by atoms with van der Waals surface area (Å²) in [5.41, 5.74) is 0.760. The highest BCUT2D eigenvalue weighted by molar-refractivity contribution is 7.91. The minimum atomic E-state index is -4.09. The Labute approximate surface area is 155 Å². The van der Waals surface area contributed by atoms with E-state index in [1.165, 1.54) is 12.1 Å². The number of hydrogen-bond acceptors (Lipinski definition) is 4. The Balaban J connectivity index is 1.96. The molecule has 1 heterocycles. The van der Waals surface area contributed by atoms with Crippen molar-refractivity contribution in [1.82, 2.24) is 5.32 Å². The van der Waals surface area contributed by atoms with Gasteiger partial charge in [0.2, 0.25) is 15.3 Å². The molecule has 1 saturated heterocycles. The van der Waals surface area contributed by atoms with Crippen molar-refractivity contribution in [2.75, 3.05) is 31.1 Å². The number of benzene rings is 2. The molecule has 1 fully saturated rings. The second-order valence-electron chi connectivity index (χ2n) is 6.60. The van der Waals surface area contributed by atoms with Crippen molar-refractivity contribution >= 4 is 15.5 Å². The summed E-state index contributed by atoms with van der Waals surface area (Å²) in [6.07, 6.45) is 0.698. The van der Waals surface area contributed by atoms with Gasteiger partial charge in [-0.1, -0.05) is 31.2 Å². The van der Waals surface area contributed by atoms with Crippen LogP contribution in [0, 0.1) is 6.92 Å². The van der Waals surface area contributed by atoms with Crippen LogP contribution in [0.2, 0.25) is 0 Å². The first-order valence-corrected chi connectivity index (χ1v) is 10.5.